The van der Waals surface area contributed by atoms with Crippen molar-refractivity contribution in [1.29, 1.82) is 0 Å². The lowest BCUT2D eigenvalue weighted by Crippen LogP contribution is -2.12. The van der Waals surface area contributed by atoms with Crippen LogP contribution in [0, 0.1) is 0 Å². The van der Waals surface area contributed by atoms with Gasteiger partial charge >= 0.3 is 0 Å². The van der Waals surface area contributed by atoms with E-state index in [9.17, 15) is 0 Å². The van der Waals surface area contributed by atoms with E-state index in [4.69, 9.17) is 28.9 Å². The first-order chi connectivity index (χ1) is 9.16. The highest BCUT2D eigenvalue weighted by molar-refractivity contribution is 6.42. The van der Waals surface area contributed by atoms with Gasteiger partial charge in [0, 0.05) is 11.8 Å². The number of benzene rings is 2. The standard InChI is InChI=1S/C15H12Cl2N2.ClH/c16-13-7-6-11(10-14(13)17)8-9-19-15(18)12-4-2-1-3-5-12;/h1-10H,(H2,18,19);1H. The third-order valence-electron chi connectivity index (χ3n) is 2.49. The first kappa shape index (κ1) is 16.6. The molecule has 0 amide bonds. The average Bonchev–Trinajstić information content (AvgIpc) is 2.43. The average molecular weight is 328 g/mol. The van der Waals surface area contributed by atoms with Gasteiger partial charge in [0.15, 0.2) is 0 Å². The largest absolute Gasteiger partial charge is 0.383 e. The van der Waals surface area contributed by atoms with E-state index in [2.05, 4.69) is 4.99 Å². The number of hydrogen-bond acceptors (Lipinski definition) is 1. The van der Waals surface area contributed by atoms with Crippen LogP contribution in [0.1, 0.15) is 11.1 Å². The van der Waals surface area contributed by atoms with Gasteiger partial charge in [0.2, 0.25) is 0 Å². The second-order valence-corrected chi connectivity index (χ2v) is 4.68. The molecule has 0 spiro atoms. The summed E-state index contributed by atoms with van der Waals surface area (Å²) in [5, 5.41) is 1.05. The highest BCUT2D eigenvalue weighted by Crippen LogP contribution is 2.23. The Hall–Kier alpha value is -1.48. The van der Waals surface area contributed by atoms with Crippen molar-refractivity contribution in [3.05, 3.63) is 75.9 Å². The minimum atomic E-state index is 0. The summed E-state index contributed by atoms with van der Waals surface area (Å²) < 4.78 is 0. The van der Waals surface area contributed by atoms with Crippen molar-refractivity contribution in [2.24, 2.45) is 10.7 Å². The number of amidine groups is 1. The molecular weight excluding hydrogens is 315 g/mol. The fourth-order valence-corrected chi connectivity index (χ4v) is 1.81. The Balaban J connectivity index is 0.00000200. The summed E-state index contributed by atoms with van der Waals surface area (Å²) >= 11 is 11.8. The van der Waals surface area contributed by atoms with Gasteiger partial charge in [0.25, 0.3) is 0 Å². The zero-order chi connectivity index (χ0) is 13.7. The van der Waals surface area contributed by atoms with Crippen LogP contribution in [0.5, 0.6) is 0 Å². The van der Waals surface area contributed by atoms with Gasteiger partial charge < -0.3 is 5.73 Å². The maximum Gasteiger partial charge on any atom is 0.130 e. The number of rotatable bonds is 3. The maximum atomic E-state index is 5.92. The van der Waals surface area contributed by atoms with Crippen LogP contribution in [0.4, 0.5) is 0 Å². The summed E-state index contributed by atoms with van der Waals surface area (Å²) in [7, 11) is 0. The molecule has 2 rings (SSSR count). The van der Waals surface area contributed by atoms with Gasteiger partial charge in [-0.3, -0.25) is 0 Å². The van der Waals surface area contributed by atoms with E-state index >= 15 is 0 Å². The minimum absolute atomic E-state index is 0. The number of nitrogens with two attached hydrogens (primary N) is 1. The van der Waals surface area contributed by atoms with Gasteiger partial charge in [0.1, 0.15) is 5.84 Å². The Bertz CT molecular complexity index is 622. The second kappa shape index (κ2) is 7.95. The Morgan fingerprint density at radius 1 is 1.00 bits per heavy atom. The second-order valence-electron chi connectivity index (χ2n) is 3.87. The molecule has 0 bridgehead atoms. The van der Waals surface area contributed by atoms with E-state index in [1.165, 1.54) is 0 Å². The van der Waals surface area contributed by atoms with Crippen molar-refractivity contribution in [2.75, 3.05) is 0 Å². The highest BCUT2D eigenvalue weighted by atomic mass is 35.5. The van der Waals surface area contributed by atoms with E-state index in [1.807, 2.05) is 42.5 Å². The van der Waals surface area contributed by atoms with Crippen LogP contribution in [0.3, 0.4) is 0 Å². The summed E-state index contributed by atoms with van der Waals surface area (Å²) in [6.45, 7) is 0. The molecule has 0 aliphatic rings. The molecule has 0 aromatic heterocycles. The predicted octanol–water partition coefficient (Wildman–Crippen LogP) is 4.79. The highest BCUT2D eigenvalue weighted by Gasteiger charge is 1.97. The fraction of sp³-hybridized carbons (Fsp3) is 0. The third-order valence-corrected chi connectivity index (χ3v) is 3.23. The van der Waals surface area contributed by atoms with Crippen LogP contribution in [-0.2, 0) is 0 Å². The molecule has 0 radical (unpaired) electrons. The molecule has 2 N–H and O–H groups in total. The molecule has 5 heteroatoms. The molecule has 0 fully saturated rings. The summed E-state index contributed by atoms with van der Waals surface area (Å²) in [5.74, 6) is 0.469. The number of aliphatic imine (C=N–C) groups is 1. The van der Waals surface area contributed by atoms with Crippen LogP contribution in [0.25, 0.3) is 6.08 Å². The lowest BCUT2D eigenvalue weighted by molar-refractivity contribution is 1.47. The molecule has 0 heterocycles. The van der Waals surface area contributed by atoms with Gasteiger partial charge in [-0.15, -0.1) is 12.4 Å². The van der Waals surface area contributed by atoms with E-state index in [0.717, 1.165) is 11.1 Å². The maximum absolute atomic E-state index is 5.92. The van der Waals surface area contributed by atoms with Crippen molar-refractivity contribution < 1.29 is 0 Å². The Labute approximate surface area is 134 Å². The van der Waals surface area contributed by atoms with Crippen LogP contribution in [0.2, 0.25) is 10.0 Å². The van der Waals surface area contributed by atoms with Gasteiger partial charge in [-0.05, 0) is 23.8 Å². The molecule has 0 unspecified atom stereocenters. The minimum Gasteiger partial charge on any atom is -0.383 e. The van der Waals surface area contributed by atoms with Crippen molar-refractivity contribution in [2.45, 2.75) is 0 Å². The van der Waals surface area contributed by atoms with Crippen molar-refractivity contribution in [3.63, 3.8) is 0 Å². The molecule has 2 aromatic rings. The van der Waals surface area contributed by atoms with Gasteiger partial charge in [-0.2, -0.15) is 0 Å². The molecule has 0 atom stereocenters. The molecule has 0 aliphatic heterocycles. The summed E-state index contributed by atoms with van der Waals surface area (Å²) in [4.78, 5) is 4.18. The summed E-state index contributed by atoms with van der Waals surface area (Å²) in [5.41, 5.74) is 7.67. The zero-order valence-electron chi connectivity index (χ0n) is 10.5. The lowest BCUT2D eigenvalue weighted by atomic mass is 10.2. The third kappa shape index (κ3) is 4.57. The predicted molar refractivity (Wildman–Crippen MR) is 89.9 cm³/mol. The summed E-state index contributed by atoms with van der Waals surface area (Å²) in [6, 6.07) is 15.0. The molecule has 2 nitrogen and oxygen atoms in total. The normalized spacial score (nSPS) is 11.4. The Morgan fingerprint density at radius 2 is 1.70 bits per heavy atom. The van der Waals surface area contributed by atoms with E-state index in [1.54, 1.807) is 18.3 Å². The van der Waals surface area contributed by atoms with E-state index in [0.29, 0.717) is 15.9 Å². The molecule has 20 heavy (non-hydrogen) atoms. The van der Waals surface area contributed by atoms with Crippen molar-refractivity contribution in [3.8, 4) is 0 Å². The first-order valence-corrected chi connectivity index (χ1v) is 6.43. The fourth-order valence-electron chi connectivity index (χ4n) is 1.50. The first-order valence-electron chi connectivity index (χ1n) is 5.67. The SMILES string of the molecule is Cl.NC(=NC=Cc1ccc(Cl)c(Cl)c1)c1ccccc1. The zero-order valence-corrected chi connectivity index (χ0v) is 12.8. The molecule has 0 saturated carbocycles. The van der Waals surface area contributed by atoms with Crippen LogP contribution < -0.4 is 5.73 Å². The van der Waals surface area contributed by atoms with Crippen molar-refractivity contribution in [1.82, 2.24) is 0 Å². The van der Waals surface area contributed by atoms with Crippen LogP contribution in [-0.4, -0.2) is 5.84 Å². The topological polar surface area (TPSA) is 38.4 Å². The van der Waals surface area contributed by atoms with Crippen LogP contribution in [0.15, 0.2) is 59.7 Å². The van der Waals surface area contributed by atoms with Gasteiger partial charge in [-0.1, -0.05) is 59.6 Å². The quantitative estimate of drug-likeness (QED) is 0.638. The summed E-state index contributed by atoms with van der Waals surface area (Å²) in [6.07, 6.45) is 3.46. The van der Waals surface area contributed by atoms with Gasteiger partial charge in [0.05, 0.1) is 10.0 Å². The van der Waals surface area contributed by atoms with E-state index in [-0.39, 0.29) is 12.4 Å². The number of hydrogen-bond donors (Lipinski definition) is 1. The Morgan fingerprint density at radius 3 is 2.35 bits per heavy atom. The smallest absolute Gasteiger partial charge is 0.130 e. The molecule has 104 valence electrons. The van der Waals surface area contributed by atoms with Crippen LogP contribution >= 0.6 is 35.6 Å². The molecule has 0 aliphatic carbocycles. The molecule has 2 aromatic carbocycles. The lowest BCUT2D eigenvalue weighted by Gasteiger charge is -1.98. The molecule has 0 saturated heterocycles. The monoisotopic (exact) mass is 326 g/mol. The van der Waals surface area contributed by atoms with Gasteiger partial charge in [-0.25, -0.2) is 4.99 Å². The Kier molecular flexibility index (Phi) is 6.59. The molecular formula is C15H13Cl3N2. The number of halogens is 3. The number of nitrogens with zero attached hydrogens (tertiary/aromatic N) is 1. The van der Waals surface area contributed by atoms with E-state index < -0.39 is 0 Å². The van der Waals surface area contributed by atoms with Crippen molar-refractivity contribution >= 4 is 47.5 Å².